The maximum Gasteiger partial charge on any atom is 0.151 e. The lowest BCUT2D eigenvalue weighted by molar-refractivity contribution is 0.580. The molecule has 2 rings (SSSR count). The molecule has 0 aliphatic rings. The third kappa shape index (κ3) is 3.46. The Kier molecular flexibility index (Phi) is 4.38. The standard InChI is InChI=1S/C13H19N3O/c14-8-4-2-1-3-7-13-15-10-11(16-13)12-6-5-9-17-12/h5-6,9-10H,1-4,7-8,14H2,(H,15,16). The van der Waals surface area contributed by atoms with Crippen molar-refractivity contribution in [2.75, 3.05) is 6.54 Å². The molecule has 0 aliphatic heterocycles. The summed E-state index contributed by atoms with van der Waals surface area (Å²) in [6.07, 6.45) is 9.19. The van der Waals surface area contributed by atoms with Crippen molar-refractivity contribution in [2.45, 2.75) is 32.1 Å². The molecule has 0 unspecified atom stereocenters. The van der Waals surface area contributed by atoms with Crippen LogP contribution in [0.3, 0.4) is 0 Å². The fraction of sp³-hybridized carbons (Fsp3) is 0.462. The molecule has 0 bridgehead atoms. The van der Waals surface area contributed by atoms with E-state index < -0.39 is 0 Å². The number of aryl methyl sites for hydroxylation is 1. The molecular formula is C13H19N3O. The summed E-state index contributed by atoms with van der Waals surface area (Å²) in [5.41, 5.74) is 6.40. The summed E-state index contributed by atoms with van der Waals surface area (Å²) < 4.78 is 5.31. The molecule has 0 saturated carbocycles. The summed E-state index contributed by atoms with van der Waals surface area (Å²) in [5.74, 6) is 1.87. The van der Waals surface area contributed by atoms with E-state index in [9.17, 15) is 0 Å². The first-order valence-corrected chi connectivity index (χ1v) is 6.18. The second-order valence-corrected chi connectivity index (χ2v) is 4.17. The highest BCUT2D eigenvalue weighted by Crippen LogP contribution is 2.17. The van der Waals surface area contributed by atoms with E-state index in [-0.39, 0.29) is 0 Å². The minimum absolute atomic E-state index is 0.795. The van der Waals surface area contributed by atoms with Crippen molar-refractivity contribution in [2.24, 2.45) is 5.73 Å². The number of nitrogens with zero attached hydrogens (tertiary/aromatic N) is 1. The van der Waals surface area contributed by atoms with E-state index in [1.807, 2.05) is 18.3 Å². The quantitative estimate of drug-likeness (QED) is 0.722. The zero-order chi connectivity index (χ0) is 11.9. The van der Waals surface area contributed by atoms with Crippen LogP contribution in [-0.2, 0) is 6.42 Å². The smallest absolute Gasteiger partial charge is 0.151 e. The maximum atomic E-state index is 5.45. The summed E-state index contributed by atoms with van der Waals surface area (Å²) in [6.45, 7) is 0.795. The second kappa shape index (κ2) is 6.25. The SMILES string of the molecule is NCCCCCCc1ncc(-c2ccco2)[nH]1. The highest BCUT2D eigenvalue weighted by atomic mass is 16.3. The number of aromatic amines is 1. The number of hydrogen-bond acceptors (Lipinski definition) is 3. The number of H-pyrrole nitrogens is 1. The van der Waals surface area contributed by atoms with Gasteiger partial charge in [-0.05, 0) is 31.5 Å². The highest BCUT2D eigenvalue weighted by Gasteiger charge is 2.04. The third-order valence-corrected chi connectivity index (χ3v) is 2.78. The largest absolute Gasteiger partial charge is 0.463 e. The van der Waals surface area contributed by atoms with Crippen LogP contribution in [0.15, 0.2) is 29.0 Å². The van der Waals surface area contributed by atoms with Crippen LogP contribution in [0.4, 0.5) is 0 Å². The van der Waals surface area contributed by atoms with Gasteiger partial charge in [-0.15, -0.1) is 0 Å². The minimum atomic E-state index is 0.795. The molecule has 0 spiro atoms. The van der Waals surface area contributed by atoms with Gasteiger partial charge in [0.05, 0.1) is 12.5 Å². The molecule has 2 aromatic heterocycles. The number of imidazole rings is 1. The van der Waals surface area contributed by atoms with Crippen LogP contribution in [-0.4, -0.2) is 16.5 Å². The van der Waals surface area contributed by atoms with Crippen LogP contribution in [0.2, 0.25) is 0 Å². The summed E-state index contributed by atoms with van der Waals surface area (Å²) in [4.78, 5) is 7.63. The summed E-state index contributed by atoms with van der Waals surface area (Å²) >= 11 is 0. The van der Waals surface area contributed by atoms with Gasteiger partial charge >= 0.3 is 0 Å². The molecule has 4 nitrogen and oxygen atoms in total. The predicted octanol–water partition coefficient (Wildman–Crippen LogP) is 2.73. The van der Waals surface area contributed by atoms with Gasteiger partial charge in [-0.3, -0.25) is 0 Å². The molecule has 92 valence electrons. The molecular weight excluding hydrogens is 214 g/mol. The molecule has 17 heavy (non-hydrogen) atoms. The Morgan fingerprint density at radius 1 is 1.24 bits per heavy atom. The zero-order valence-corrected chi connectivity index (χ0v) is 9.98. The van der Waals surface area contributed by atoms with Crippen molar-refractivity contribution in [3.05, 3.63) is 30.4 Å². The Morgan fingerprint density at radius 3 is 2.88 bits per heavy atom. The van der Waals surface area contributed by atoms with Gasteiger partial charge < -0.3 is 15.1 Å². The predicted molar refractivity (Wildman–Crippen MR) is 67.5 cm³/mol. The van der Waals surface area contributed by atoms with Gasteiger partial charge in [-0.1, -0.05) is 12.8 Å². The van der Waals surface area contributed by atoms with Crippen LogP contribution in [0.25, 0.3) is 11.5 Å². The minimum Gasteiger partial charge on any atom is -0.463 e. The number of nitrogens with one attached hydrogen (secondary N) is 1. The molecule has 2 aromatic rings. The number of unbranched alkanes of at least 4 members (excludes halogenated alkanes) is 3. The molecule has 0 radical (unpaired) electrons. The summed E-state index contributed by atoms with van der Waals surface area (Å²) in [6, 6.07) is 3.81. The van der Waals surface area contributed by atoms with Gasteiger partial charge in [-0.25, -0.2) is 4.98 Å². The Balaban J connectivity index is 1.79. The number of nitrogens with two attached hydrogens (primary N) is 1. The molecule has 4 heteroatoms. The molecule has 2 heterocycles. The lowest BCUT2D eigenvalue weighted by Gasteiger charge is -1.98. The van der Waals surface area contributed by atoms with Crippen molar-refractivity contribution in [1.29, 1.82) is 0 Å². The Morgan fingerprint density at radius 2 is 2.12 bits per heavy atom. The molecule has 0 aliphatic carbocycles. The average molecular weight is 233 g/mol. The normalized spacial score (nSPS) is 10.9. The van der Waals surface area contributed by atoms with Crippen molar-refractivity contribution in [3.8, 4) is 11.5 Å². The lowest BCUT2D eigenvalue weighted by Crippen LogP contribution is -1.98. The Hall–Kier alpha value is -1.55. The maximum absolute atomic E-state index is 5.45. The first-order chi connectivity index (χ1) is 8.40. The van der Waals surface area contributed by atoms with Crippen molar-refractivity contribution < 1.29 is 4.42 Å². The van der Waals surface area contributed by atoms with Crippen LogP contribution in [0.5, 0.6) is 0 Å². The fourth-order valence-electron chi connectivity index (χ4n) is 1.84. The lowest BCUT2D eigenvalue weighted by atomic mass is 10.1. The number of hydrogen-bond donors (Lipinski definition) is 2. The van der Waals surface area contributed by atoms with E-state index in [4.69, 9.17) is 10.2 Å². The van der Waals surface area contributed by atoms with Crippen LogP contribution in [0, 0.1) is 0 Å². The summed E-state index contributed by atoms with van der Waals surface area (Å²) in [5, 5.41) is 0. The van der Waals surface area contributed by atoms with E-state index in [1.54, 1.807) is 6.26 Å². The van der Waals surface area contributed by atoms with Gasteiger partial charge in [-0.2, -0.15) is 0 Å². The first kappa shape index (κ1) is 11.9. The van der Waals surface area contributed by atoms with Gasteiger partial charge in [0, 0.05) is 6.42 Å². The van der Waals surface area contributed by atoms with Gasteiger partial charge in [0.1, 0.15) is 11.5 Å². The number of rotatable bonds is 7. The number of furan rings is 1. The van der Waals surface area contributed by atoms with E-state index in [1.165, 1.54) is 12.8 Å². The highest BCUT2D eigenvalue weighted by molar-refractivity contribution is 5.50. The molecule has 0 aromatic carbocycles. The van der Waals surface area contributed by atoms with Crippen LogP contribution < -0.4 is 5.73 Å². The van der Waals surface area contributed by atoms with Gasteiger partial charge in [0.25, 0.3) is 0 Å². The van der Waals surface area contributed by atoms with E-state index in [2.05, 4.69) is 9.97 Å². The molecule has 0 fully saturated rings. The van der Waals surface area contributed by atoms with Crippen molar-refractivity contribution >= 4 is 0 Å². The molecule has 0 amide bonds. The van der Waals surface area contributed by atoms with Crippen molar-refractivity contribution in [3.63, 3.8) is 0 Å². The zero-order valence-electron chi connectivity index (χ0n) is 9.98. The Bertz CT molecular complexity index is 420. The first-order valence-electron chi connectivity index (χ1n) is 6.18. The third-order valence-electron chi connectivity index (χ3n) is 2.78. The van der Waals surface area contributed by atoms with E-state index in [0.29, 0.717) is 0 Å². The second-order valence-electron chi connectivity index (χ2n) is 4.17. The van der Waals surface area contributed by atoms with Gasteiger partial charge in [0.2, 0.25) is 0 Å². The fourth-order valence-corrected chi connectivity index (χ4v) is 1.84. The van der Waals surface area contributed by atoms with Crippen LogP contribution >= 0.6 is 0 Å². The summed E-state index contributed by atoms with van der Waals surface area (Å²) in [7, 11) is 0. The van der Waals surface area contributed by atoms with Crippen molar-refractivity contribution in [1.82, 2.24) is 9.97 Å². The number of aromatic nitrogens is 2. The van der Waals surface area contributed by atoms with Gasteiger partial charge in [0.15, 0.2) is 5.76 Å². The average Bonchev–Trinajstić information content (AvgIpc) is 2.99. The molecule has 0 saturated heterocycles. The molecule has 0 atom stereocenters. The topological polar surface area (TPSA) is 67.8 Å². The Labute approximate surface area is 101 Å². The monoisotopic (exact) mass is 233 g/mol. The van der Waals surface area contributed by atoms with E-state index in [0.717, 1.165) is 43.1 Å². The molecule has 3 N–H and O–H groups in total. The van der Waals surface area contributed by atoms with Crippen LogP contribution in [0.1, 0.15) is 31.5 Å². The van der Waals surface area contributed by atoms with E-state index >= 15 is 0 Å².